The molecule has 5 heteroatoms. The molecule has 0 atom stereocenters. The summed E-state index contributed by atoms with van der Waals surface area (Å²) in [6.07, 6.45) is 5.29. The molecule has 0 saturated heterocycles. The van der Waals surface area contributed by atoms with Crippen LogP contribution in [0.2, 0.25) is 0 Å². The van der Waals surface area contributed by atoms with Gasteiger partial charge in [0.25, 0.3) is 0 Å². The monoisotopic (exact) mass is 468 g/mol. The lowest BCUT2D eigenvalue weighted by Gasteiger charge is -2.23. The van der Waals surface area contributed by atoms with Crippen molar-refractivity contribution in [2.24, 2.45) is 0 Å². The largest absolute Gasteiger partial charge is 0.490 e. The normalized spacial score (nSPS) is 11.8. The van der Waals surface area contributed by atoms with Gasteiger partial charge < -0.3 is 9.47 Å². The van der Waals surface area contributed by atoms with Gasteiger partial charge in [-0.15, -0.1) is 11.8 Å². The average Bonchev–Trinajstić information content (AvgIpc) is 2.66. The van der Waals surface area contributed by atoms with Crippen molar-refractivity contribution in [2.75, 3.05) is 6.26 Å². The molecule has 0 aliphatic rings. The first kappa shape index (κ1) is 26.7. The Kier molecular flexibility index (Phi) is 8.58. The summed E-state index contributed by atoms with van der Waals surface area (Å²) in [5, 5.41) is 0. The maximum atomic E-state index is 12.9. The van der Waals surface area contributed by atoms with Crippen molar-refractivity contribution in [1.82, 2.24) is 0 Å². The first-order valence-corrected chi connectivity index (χ1v) is 12.4. The summed E-state index contributed by atoms with van der Waals surface area (Å²) in [5.41, 5.74) is 5.00. The second-order valence-electron chi connectivity index (χ2n) is 9.62. The van der Waals surface area contributed by atoms with Crippen LogP contribution < -0.4 is 4.74 Å². The van der Waals surface area contributed by atoms with Crippen molar-refractivity contribution in [3.05, 3.63) is 63.2 Å². The van der Waals surface area contributed by atoms with Crippen molar-refractivity contribution in [3.63, 3.8) is 0 Å². The molecular weight excluding hydrogens is 432 g/mol. The second kappa shape index (κ2) is 10.6. The molecule has 0 aromatic heterocycles. The molecule has 0 unspecified atom stereocenters. The van der Waals surface area contributed by atoms with Gasteiger partial charge in [0.1, 0.15) is 11.4 Å². The summed E-state index contributed by atoms with van der Waals surface area (Å²) in [7, 11) is 0. The molecule has 0 heterocycles. The van der Waals surface area contributed by atoms with Gasteiger partial charge in [0.2, 0.25) is 0 Å². The molecule has 0 N–H and O–H groups in total. The lowest BCUT2D eigenvalue weighted by atomic mass is 9.96. The molecule has 0 fully saturated rings. The molecule has 2 aromatic carbocycles. The smallest absolute Gasteiger partial charge is 0.339 e. The minimum Gasteiger partial charge on any atom is -0.490 e. The van der Waals surface area contributed by atoms with Gasteiger partial charge in [-0.05, 0) is 116 Å². The number of esters is 1. The summed E-state index contributed by atoms with van der Waals surface area (Å²) < 4.78 is 11.7. The predicted molar refractivity (Wildman–Crippen MR) is 138 cm³/mol. The number of ether oxygens (including phenoxy) is 2. The highest BCUT2D eigenvalue weighted by molar-refractivity contribution is 7.98. The molecule has 0 saturated carbocycles. The van der Waals surface area contributed by atoms with Gasteiger partial charge in [0, 0.05) is 21.6 Å². The topological polar surface area (TPSA) is 52.6 Å². The summed E-state index contributed by atoms with van der Waals surface area (Å²) in [6.45, 7) is 17.2. The fraction of sp³-hybridized carbons (Fsp3) is 0.429. The predicted octanol–water partition coefficient (Wildman–Crippen LogP) is 7.28. The van der Waals surface area contributed by atoms with Crippen molar-refractivity contribution in [3.8, 4) is 5.75 Å². The lowest BCUT2D eigenvalue weighted by Crippen LogP contribution is -2.25. The zero-order chi connectivity index (χ0) is 25.1. The number of thioether (sulfide) groups is 1. The van der Waals surface area contributed by atoms with Gasteiger partial charge in [0.05, 0.1) is 11.7 Å². The maximum absolute atomic E-state index is 12.9. The van der Waals surface area contributed by atoms with E-state index in [1.165, 1.54) is 4.90 Å². The molecule has 0 radical (unpaired) electrons. The Morgan fingerprint density at radius 1 is 0.970 bits per heavy atom. The van der Waals surface area contributed by atoms with Crippen LogP contribution in [0.15, 0.2) is 29.2 Å². The Morgan fingerprint density at radius 2 is 1.55 bits per heavy atom. The van der Waals surface area contributed by atoms with E-state index in [4.69, 9.17) is 9.47 Å². The highest BCUT2D eigenvalue weighted by Gasteiger charge is 2.24. The molecule has 4 nitrogen and oxygen atoms in total. The Labute approximate surface area is 202 Å². The molecule has 178 valence electrons. The van der Waals surface area contributed by atoms with Gasteiger partial charge >= 0.3 is 5.97 Å². The lowest BCUT2D eigenvalue weighted by molar-refractivity contribution is 0.00671. The third-order valence-corrected chi connectivity index (χ3v) is 6.12. The van der Waals surface area contributed by atoms with Crippen molar-refractivity contribution < 1.29 is 19.1 Å². The summed E-state index contributed by atoms with van der Waals surface area (Å²) in [6, 6.07) is 5.74. The Morgan fingerprint density at radius 3 is 2.03 bits per heavy atom. The SMILES string of the molecule is CSc1c(C)cc(C(=O)C=Cc2cc(C)c(C(=O)OC(C)(C)C)c(C)c2OC(C)C)cc1C. The fourth-order valence-electron chi connectivity index (χ4n) is 3.83. The van der Waals surface area contributed by atoms with E-state index >= 15 is 0 Å². The number of ketones is 1. The van der Waals surface area contributed by atoms with Crippen molar-refractivity contribution >= 4 is 29.6 Å². The number of allylic oxidation sites excluding steroid dienone is 1. The van der Waals surface area contributed by atoms with Crippen molar-refractivity contribution in [2.45, 2.75) is 78.9 Å². The van der Waals surface area contributed by atoms with Crippen LogP contribution in [0.25, 0.3) is 6.08 Å². The first-order valence-electron chi connectivity index (χ1n) is 11.2. The molecule has 0 aliphatic carbocycles. The van der Waals surface area contributed by atoms with Crippen LogP contribution in [-0.4, -0.2) is 29.7 Å². The summed E-state index contributed by atoms with van der Waals surface area (Å²) >= 11 is 1.69. The molecule has 0 spiro atoms. The van der Waals surface area contributed by atoms with E-state index in [1.54, 1.807) is 23.9 Å². The van der Waals surface area contributed by atoms with Gasteiger partial charge in [-0.3, -0.25) is 4.79 Å². The molecule has 2 rings (SSSR count). The van der Waals surface area contributed by atoms with Crippen LogP contribution in [0.5, 0.6) is 5.75 Å². The van der Waals surface area contributed by atoms with Gasteiger partial charge in [-0.2, -0.15) is 0 Å². The number of hydrogen-bond acceptors (Lipinski definition) is 5. The first-order chi connectivity index (χ1) is 15.2. The van der Waals surface area contributed by atoms with Crippen LogP contribution in [0.3, 0.4) is 0 Å². The zero-order valence-electron chi connectivity index (χ0n) is 21.5. The molecule has 0 amide bonds. The fourth-order valence-corrected chi connectivity index (χ4v) is 4.59. The average molecular weight is 469 g/mol. The summed E-state index contributed by atoms with van der Waals surface area (Å²) in [4.78, 5) is 27.0. The number of aryl methyl sites for hydroxylation is 3. The van der Waals surface area contributed by atoms with E-state index in [0.29, 0.717) is 22.4 Å². The van der Waals surface area contributed by atoms with Crippen LogP contribution in [-0.2, 0) is 4.74 Å². The van der Waals surface area contributed by atoms with E-state index in [-0.39, 0.29) is 17.9 Å². The molecule has 2 aromatic rings. The molecule has 0 bridgehead atoms. The number of carbonyl (C=O) groups excluding carboxylic acids is 2. The van der Waals surface area contributed by atoms with E-state index in [9.17, 15) is 9.59 Å². The Balaban J connectivity index is 2.50. The van der Waals surface area contributed by atoms with Crippen LogP contribution in [0.1, 0.15) is 83.2 Å². The van der Waals surface area contributed by atoms with Gasteiger partial charge in [-0.1, -0.05) is 0 Å². The quantitative estimate of drug-likeness (QED) is 0.185. The third kappa shape index (κ3) is 6.73. The van der Waals surface area contributed by atoms with E-state index in [1.807, 2.05) is 86.8 Å². The van der Waals surface area contributed by atoms with Gasteiger partial charge in [0.15, 0.2) is 5.78 Å². The molecular formula is C28H36O4S. The minimum absolute atomic E-state index is 0.0733. The highest BCUT2D eigenvalue weighted by Crippen LogP contribution is 2.33. The van der Waals surface area contributed by atoms with E-state index < -0.39 is 5.60 Å². The Bertz CT molecular complexity index is 1070. The van der Waals surface area contributed by atoms with Crippen molar-refractivity contribution in [1.29, 1.82) is 0 Å². The molecule has 0 aliphatic heterocycles. The van der Waals surface area contributed by atoms with E-state index in [2.05, 4.69) is 0 Å². The van der Waals surface area contributed by atoms with Crippen LogP contribution in [0.4, 0.5) is 0 Å². The number of benzene rings is 2. The van der Waals surface area contributed by atoms with Crippen LogP contribution in [0, 0.1) is 27.7 Å². The highest BCUT2D eigenvalue weighted by atomic mass is 32.2. The third-order valence-electron chi connectivity index (χ3n) is 5.06. The second-order valence-corrected chi connectivity index (χ2v) is 10.4. The standard InChI is InChI=1S/C28H36O4S/c1-16(2)31-25-20(6)24(27(30)32-28(7,8)9)17(3)13-21(25)11-12-23(29)22-14-18(4)26(33-10)19(5)15-22/h11-16H,1-10H3. The minimum atomic E-state index is -0.595. The van der Waals surface area contributed by atoms with Gasteiger partial charge in [-0.25, -0.2) is 4.79 Å². The van der Waals surface area contributed by atoms with E-state index in [0.717, 1.165) is 22.3 Å². The number of carbonyl (C=O) groups is 2. The summed E-state index contributed by atoms with van der Waals surface area (Å²) in [5.74, 6) is 0.138. The Hall–Kier alpha value is -2.53. The number of hydrogen-bond donors (Lipinski definition) is 0. The number of rotatable bonds is 7. The molecule has 33 heavy (non-hydrogen) atoms. The maximum Gasteiger partial charge on any atom is 0.339 e. The van der Waals surface area contributed by atoms with Crippen LogP contribution >= 0.6 is 11.8 Å². The zero-order valence-corrected chi connectivity index (χ0v) is 22.3.